The predicted molar refractivity (Wildman–Crippen MR) is 70.2 cm³/mol. The number of anilines is 1. The van der Waals surface area contributed by atoms with Crippen molar-refractivity contribution in [3.63, 3.8) is 0 Å². The van der Waals surface area contributed by atoms with E-state index in [1.54, 1.807) is 24.3 Å². The predicted octanol–water partition coefficient (Wildman–Crippen LogP) is 1.85. The number of hydrogen-bond donors (Lipinski definition) is 0. The second-order valence-corrected chi connectivity index (χ2v) is 5.30. The fourth-order valence-electron chi connectivity index (χ4n) is 1.89. The molecule has 5 heteroatoms. The number of carbonyl (C=O) groups excluding carboxylic acids is 3. The number of rotatable bonds is 3. The topological polar surface area (TPSA) is 54.5 Å². The van der Waals surface area contributed by atoms with Crippen LogP contribution in [0.4, 0.5) is 5.69 Å². The van der Waals surface area contributed by atoms with Gasteiger partial charge in [-0.15, -0.1) is 0 Å². The number of hydrogen-bond acceptors (Lipinski definition) is 4. The summed E-state index contributed by atoms with van der Waals surface area (Å²) in [6.45, 7) is 1.46. The van der Waals surface area contributed by atoms with E-state index < -0.39 is 0 Å². The Morgan fingerprint density at radius 2 is 2.00 bits per heavy atom. The molecule has 1 atom stereocenters. The Kier molecular flexibility index (Phi) is 3.81. The summed E-state index contributed by atoms with van der Waals surface area (Å²) in [6.07, 6.45) is 0.188. The van der Waals surface area contributed by atoms with Gasteiger partial charge in [-0.2, -0.15) is 0 Å². The van der Waals surface area contributed by atoms with Crippen molar-refractivity contribution in [1.82, 2.24) is 0 Å². The highest BCUT2D eigenvalue weighted by Crippen LogP contribution is 2.28. The summed E-state index contributed by atoms with van der Waals surface area (Å²) >= 11 is 1.09. The van der Waals surface area contributed by atoms with Gasteiger partial charge in [0.2, 0.25) is 11.8 Å². The second kappa shape index (κ2) is 5.35. The van der Waals surface area contributed by atoms with E-state index in [1.807, 2.05) is 6.07 Å². The zero-order valence-electron chi connectivity index (χ0n) is 9.96. The van der Waals surface area contributed by atoms with Gasteiger partial charge in [0.25, 0.3) is 0 Å². The normalized spacial score (nSPS) is 19.4. The molecule has 4 nitrogen and oxygen atoms in total. The van der Waals surface area contributed by atoms with Crippen LogP contribution in [0.3, 0.4) is 0 Å². The smallest absolute Gasteiger partial charge is 0.238 e. The molecule has 0 saturated carbocycles. The van der Waals surface area contributed by atoms with Crippen LogP contribution in [0.2, 0.25) is 0 Å². The molecule has 0 bridgehead atoms. The molecule has 2 rings (SSSR count). The average Bonchev–Trinajstić information content (AvgIpc) is 2.63. The summed E-state index contributed by atoms with van der Waals surface area (Å²) in [6, 6.07) is 8.87. The van der Waals surface area contributed by atoms with E-state index in [4.69, 9.17) is 0 Å². The van der Waals surface area contributed by atoms with E-state index >= 15 is 0 Å². The molecule has 18 heavy (non-hydrogen) atoms. The van der Waals surface area contributed by atoms with Gasteiger partial charge >= 0.3 is 0 Å². The summed E-state index contributed by atoms with van der Waals surface area (Å²) in [5, 5.41) is -0.0339. The SMILES string of the molecule is CC(=O)SCC1CC(=O)N(c2ccccc2)C1=O. The van der Waals surface area contributed by atoms with Crippen molar-refractivity contribution in [2.24, 2.45) is 5.92 Å². The molecule has 1 saturated heterocycles. The van der Waals surface area contributed by atoms with Crippen LogP contribution < -0.4 is 4.90 Å². The Labute approximate surface area is 109 Å². The van der Waals surface area contributed by atoms with E-state index in [9.17, 15) is 14.4 Å². The van der Waals surface area contributed by atoms with Crippen molar-refractivity contribution in [1.29, 1.82) is 0 Å². The number of para-hydroxylation sites is 1. The minimum atomic E-state index is -0.383. The molecule has 1 aromatic rings. The first-order chi connectivity index (χ1) is 8.59. The van der Waals surface area contributed by atoms with Gasteiger partial charge < -0.3 is 0 Å². The molecule has 1 heterocycles. The zero-order valence-corrected chi connectivity index (χ0v) is 10.8. The Balaban J connectivity index is 2.12. The van der Waals surface area contributed by atoms with Crippen molar-refractivity contribution in [3.8, 4) is 0 Å². The number of carbonyl (C=O) groups is 3. The maximum Gasteiger partial charge on any atom is 0.238 e. The van der Waals surface area contributed by atoms with Gasteiger partial charge in [0.15, 0.2) is 5.12 Å². The zero-order chi connectivity index (χ0) is 13.1. The molecular formula is C13H13NO3S. The number of nitrogens with zero attached hydrogens (tertiary/aromatic N) is 1. The first-order valence-corrected chi connectivity index (χ1v) is 6.63. The molecule has 0 radical (unpaired) electrons. The fraction of sp³-hybridized carbons (Fsp3) is 0.308. The molecule has 0 spiro atoms. The minimum absolute atomic E-state index is 0.0339. The van der Waals surface area contributed by atoms with Crippen LogP contribution in [0.15, 0.2) is 30.3 Å². The Morgan fingerprint density at radius 1 is 1.33 bits per heavy atom. The molecule has 0 aromatic heterocycles. The quantitative estimate of drug-likeness (QED) is 0.781. The van der Waals surface area contributed by atoms with Gasteiger partial charge in [0, 0.05) is 19.1 Å². The third-order valence-corrected chi connectivity index (χ3v) is 3.72. The van der Waals surface area contributed by atoms with Crippen molar-refractivity contribution in [3.05, 3.63) is 30.3 Å². The summed E-state index contributed by atoms with van der Waals surface area (Å²) in [5.41, 5.74) is 0.600. The van der Waals surface area contributed by atoms with Crippen LogP contribution in [0.5, 0.6) is 0 Å². The van der Waals surface area contributed by atoms with E-state index in [0.717, 1.165) is 11.8 Å². The third-order valence-electron chi connectivity index (χ3n) is 2.74. The lowest BCUT2D eigenvalue weighted by molar-refractivity contribution is -0.122. The third kappa shape index (κ3) is 2.61. The first-order valence-electron chi connectivity index (χ1n) is 5.65. The molecule has 1 aliphatic heterocycles. The number of benzene rings is 1. The first kappa shape index (κ1) is 12.8. The summed E-state index contributed by atoms with van der Waals surface area (Å²) in [4.78, 5) is 36.1. The van der Waals surface area contributed by atoms with Crippen molar-refractivity contribution >= 4 is 34.4 Å². The standard InChI is InChI=1S/C13H13NO3S/c1-9(15)18-8-10-7-12(16)14(13(10)17)11-5-3-2-4-6-11/h2-6,10H,7-8H2,1H3. The fourth-order valence-corrected chi connectivity index (χ4v) is 2.59. The lowest BCUT2D eigenvalue weighted by atomic mass is 10.1. The lowest BCUT2D eigenvalue weighted by Gasteiger charge is -2.14. The van der Waals surface area contributed by atoms with Crippen LogP contribution in [0.25, 0.3) is 0 Å². The molecule has 1 unspecified atom stereocenters. The average molecular weight is 263 g/mol. The Morgan fingerprint density at radius 3 is 2.61 bits per heavy atom. The van der Waals surface area contributed by atoms with Crippen LogP contribution in [-0.2, 0) is 14.4 Å². The minimum Gasteiger partial charge on any atom is -0.288 e. The number of imide groups is 1. The van der Waals surface area contributed by atoms with Gasteiger partial charge in [0.1, 0.15) is 0 Å². The second-order valence-electron chi connectivity index (χ2n) is 4.11. The van der Waals surface area contributed by atoms with Crippen LogP contribution in [0, 0.1) is 5.92 Å². The maximum absolute atomic E-state index is 12.1. The Bertz CT molecular complexity index is 486. The summed E-state index contributed by atoms with van der Waals surface area (Å²) < 4.78 is 0. The molecule has 1 aromatic carbocycles. The molecule has 1 aliphatic rings. The number of thioether (sulfide) groups is 1. The van der Waals surface area contributed by atoms with Crippen LogP contribution in [0.1, 0.15) is 13.3 Å². The number of amides is 2. The van der Waals surface area contributed by atoms with Crippen molar-refractivity contribution in [2.75, 3.05) is 10.7 Å². The van der Waals surface area contributed by atoms with E-state index in [0.29, 0.717) is 11.4 Å². The largest absolute Gasteiger partial charge is 0.288 e. The van der Waals surface area contributed by atoms with Crippen molar-refractivity contribution in [2.45, 2.75) is 13.3 Å². The summed E-state index contributed by atoms with van der Waals surface area (Å²) in [5.74, 6) is -0.407. The molecule has 94 valence electrons. The molecule has 0 aliphatic carbocycles. The van der Waals surface area contributed by atoms with Gasteiger partial charge in [-0.05, 0) is 12.1 Å². The van der Waals surface area contributed by atoms with E-state index in [-0.39, 0.29) is 29.3 Å². The molecule has 2 amide bonds. The van der Waals surface area contributed by atoms with E-state index in [1.165, 1.54) is 11.8 Å². The van der Waals surface area contributed by atoms with Crippen LogP contribution >= 0.6 is 11.8 Å². The monoisotopic (exact) mass is 263 g/mol. The lowest BCUT2D eigenvalue weighted by Crippen LogP contribution is -2.30. The molecule has 0 N–H and O–H groups in total. The maximum atomic E-state index is 12.1. The van der Waals surface area contributed by atoms with Crippen molar-refractivity contribution < 1.29 is 14.4 Å². The summed E-state index contributed by atoms with van der Waals surface area (Å²) in [7, 11) is 0. The van der Waals surface area contributed by atoms with Gasteiger partial charge in [-0.1, -0.05) is 30.0 Å². The highest BCUT2D eigenvalue weighted by Gasteiger charge is 2.39. The highest BCUT2D eigenvalue weighted by atomic mass is 32.2. The van der Waals surface area contributed by atoms with Crippen LogP contribution in [-0.4, -0.2) is 22.7 Å². The van der Waals surface area contributed by atoms with Gasteiger partial charge in [-0.25, -0.2) is 0 Å². The Hall–Kier alpha value is -1.62. The van der Waals surface area contributed by atoms with Gasteiger partial charge in [-0.3, -0.25) is 19.3 Å². The highest BCUT2D eigenvalue weighted by molar-refractivity contribution is 8.13. The molecular weight excluding hydrogens is 250 g/mol. The van der Waals surface area contributed by atoms with E-state index in [2.05, 4.69) is 0 Å². The van der Waals surface area contributed by atoms with Gasteiger partial charge in [0.05, 0.1) is 11.6 Å². The molecule has 1 fully saturated rings.